The molecule has 0 saturated carbocycles. The second-order valence-corrected chi connectivity index (χ2v) is 12.0. The van der Waals surface area contributed by atoms with Crippen molar-refractivity contribution < 1.29 is 26.2 Å². The Balaban J connectivity index is 1.99. The summed E-state index contributed by atoms with van der Waals surface area (Å²) in [7, 11) is -7.89. The fourth-order valence-corrected chi connectivity index (χ4v) is 7.18. The Bertz CT molecular complexity index is 1380. The number of rotatable bonds is 8. The highest BCUT2D eigenvalue weighted by Crippen LogP contribution is 2.32. The fraction of sp³-hybridized carbons (Fsp3) is 0.263. The Morgan fingerprint density at radius 3 is 2.53 bits per heavy atom. The van der Waals surface area contributed by atoms with E-state index in [0.29, 0.717) is 12.0 Å². The van der Waals surface area contributed by atoms with E-state index in [4.69, 9.17) is 16.1 Å². The number of nitrogens with one attached hydrogen (secondary N) is 2. The molecule has 172 valence electrons. The average Bonchev–Trinajstić information content (AvgIpc) is 3.33. The van der Waals surface area contributed by atoms with Crippen molar-refractivity contribution in [2.75, 3.05) is 15.8 Å². The predicted octanol–water partition coefficient (Wildman–Crippen LogP) is 4.24. The van der Waals surface area contributed by atoms with Crippen LogP contribution in [0.5, 0.6) is 0 Å². The van der Waals surface area contributed by atoms with Crippen LogP contribution in [-0.2, 0) is 19.9 Å². The SMILES string of the molecule is CCCS(=O)(=O)c1cc(C)cc(C)c1NC(=O)c1sccc1S(=O)(=O)Nc1oncc1Cl. The first-order valence-electron chi connectivity index (χ1n) is 9.32. The van der Waals surface area contributed by atoms with Gasteiger partial charge >= 0.3 is 0 Å². The molecule has 1 amide bonds. The summed E-state index contributed by atoms with van der Waals surface area (Å²) in [6.45, 7) is 5.18. The van der Waals surface area contributed by atoms with Gasteiger partial charge in [0.05, 0.1) is 22.5 Å². The van der Waals surface area contributed by atoms with Crippen molar-refractivity contribution in [2.24, 2.45) is 0 Å². The third kappa shape index (κ3) is 4.98. The number of sulfonamides is 1. The number of halogens is 1. The first kappa shape index (κ1) is 24.2. The molecule has 0 radical (unpaired) electrons. The summed E-state index contributed by atoms with van der Waals surface area (Å²) in [5.41, 5.74) is 1.39. The highest BCUT2D eigenvalue weighted by Gasteiger charge is 2.28. The van der Waals surface area contributed by atoms with Gasteiger partial charge in [0.2, 0.25) is 0 Å². The van der Waals surface area contributed by atoms with Crippen molar-refractivity contribution in [2.45, 2.75) is 37.0 Å². The lowest BCUT2D eigenvalue weighted by Crippen LogP contribution is -2.20. The lowest BCUT2D eigenvalue weighted by atomic mass is 10.1. The lowest BCUT2D eigenvalue weighted by molar-refractivity contribution is 0.102. The van der Waals surface area contributed by atoms with Crippen LogP contribution >= 0.6 is 22.9 Å². The number of aryl methyl sites for hydroxylation is 2. The molecule has 1 aromatic carbocycles. The standard InChI is InChI=1S/C19H20ClN3O6S3/c1-4-7-31(25,26)15-9-11(2)8-12(3)16(15)22-18(24)17-14(5-6-30-17)32(27,28)23-19-13(20)10-21-29-19/h5-6,8-10,23H,4,7H2,1-3H3,(H,22,24). The predicted molar refractivity (Wildman–Crippen MR) is 123 cm³/mol. The van der Waals surface area contributed by atoms with Gasteiger partial charge in [-0.25, -0.2) is 21.6 Å². The second kappa shape index (κ2) is 9.22. The number of thiophene rings is 1. The van der Waals surface area contributed by atoms with Gasteiger partial charge in [-0.05, 0) is 48.9 Å². The number of carbonyl (C=O) groups excluding carboxylic acids is 1. The second-order valence-electron chi connectivity index (χ2n) is 6.95. The number of hydrogen-bond donors (Lipinski definition) is 2. The number of carbonyl (C=O) groups is 1. The van der Waals surface area contributed by atoms with E-state index in [-0.39, 0.29) is 37.0 Å². The van der Waals surface area contributed by atoms with Gasteiger partial charge in [-0.15, -0.1) is 11.3 Å². The van der Waals surface area contributed by atoms with E-state index in [9.17, 15) is 21.6 Å². The Morgan fingerprint density at radius 2 is 1.91 bits per heavy atom. The van der Waals surface area contributed by atoms with Gasteiger partial charge in [0.25, 0.3) is 21.8 Å². The molecule has 2 aromatic heterocycles. The van der Waals surface area contributed by atoms with Crippen LogP contribution in [0.2, 0.25) is 5.02 Å². The first-order chi connectivity index (χ1) is 15.0. The van der Waals surface area contributed by atoms with Gasteiger partial charge in [0.1, 0.15) is 14.8 Å². The highest BCUT2D eigenvalue weighted by molar-refractivity contribution is 7.93. The van der Waals surface area contributed by atoms with E-state index in [1.165, 1.54) is 17.5 Å². The van der Waals surface area contributed by atoms with Crippen LogP contribution < -0.4 is 10.0 Å². The molecule has 0 aliphatic carbocycles. The van der Waals surface area contributed by atoms with Crippen molar-refractivity contribution in [1.82, 2.24) is 5.16 Å². The molecule has 0 aliphatic heterocycles. The molecule has 2 N–H and O–H groups in total. The van der Waals surface area contributed by atoms with E-state index >= 15 is 0 Å². The van der Waals surface area contributed by atoms with Crippen molar-refractivity contribution in [3.63, 3.8) is 0 Å². The molecule has 0 unspecified atom stereocenters. The molecule has 9 nitrogen and oxygen atoms in total. The zero-order valence-electron chi connectivity index (χ0n) is 17.3. The van der Waals surface area contributed by atoms with Crippen molar-refractivity contribution in [3.8, 4) is 0 Å². The van der Waals surface area contributed by atoms with Crippen LogP contribution in [0.1, 0.15) is 34.1 Å². The van der Waals surface area contributed by atoms with E-state index in [1.54, 1.807) is 26.8 Å². The molecule has 0 aliphatic rings. The molecule has 32 heavy (non-hydrogen) atoms. The molecule has 3 aromatic rings. The molecule has 0 fully saturated rings. The van der Waals surface area contributed by atoms with E-state index in [1.807, 2.05) is 0 Å². The van der Waals surface area contributed by atoms with Crippen molar-refractivity contribution in [1.29, 1.82) is 0 Å². The number of aromatic nitrogens is 1. The van der Waals surface area contributed by atoms with Crippen LogP contribution in [0, 0.1) is 13.8 Å². The minimum Gasteiger partial charge on any atom is -0.336 e. The first-order valence-corrected chi connectivity index (χ1v) is 13.7. The summed E-state index contributed by atoms with van der Waals surface area (Å²) in [6, 6.07) is 4.48. The quantitative estimate of drug-likeness (QED) is 0.456. The third-order valence-corrected chi connectivity index (χ3v) is 8.99. The van der Waals surface area contributed by atoms with E-state index in [0.717, 1.165) is 23.1 Å². The van der Waals surface area contributed by atoms with Crippen LogP contribution in [0.4, 0.5) is 11.6 Å². The summed E-state index contributed by atoms with van der Waals surface area (Å²) in [5, 5.41) is 7.38. The molecule has 0 bridgehead atoms. The normalized spacial score (nSPS) is 12.0. The maximum absolute atomic E-state index is 13.0. The molecule has 0 atom stereocenters. The topological polar surface area (TPSA) is 135 Å². The van der Waals surface area contributed by atoms with Crippen molar-refractivity contribution in [3.05, 3.63) is 50.8 Å². The van der Waals surface area contributed by atoms with Gasteiger partial charge in [-0.2, -0.15) is 0 Å². The molecule has 0 saturated heterocycles. The number of amides is 1. The highest BCUT2D eigenvalue weighted by atomic mass is 35.5. The summed E-state index contributed by atoms with van der Waals surface area (Å²) in [6.07, 6.45) is 1.53. The molecule has 0 spiro atoms. The zero-order valence-corrected chi connectivity index (χ0v) is 20.5. The summed E-state index contributed by atoms with van der Waals surface area (Å²) < 4.78 is 58.0. The Kier molecular flexibility index (Phi) is 6.98. The van der Waals surface area contributed by atoms with Gasteiger partial charge in [0.15, 0.2) is 9.84 Å². The van der Waals surface area contributed by atoms with Gasteiger partial charge in [-0.3, -0.25) is 4.79 Å². The minimum atomic E-state index is -4.23. The number of hydrogen-bond acceptors (Lipinski definition) is 8. The van der Waals surface area contributed by atoms with E-state index in [2.05, 4.69) is 15.2 Å². The van der Waals surface area contributed by atoms with Crippen molar-refractivity contribution >= 4 is 60.3 Å². The molecule has 13 heteroatoms. The van der Waals surface area contributed by atoms with Crippen LogP contribution in [0.15, 0.2) is 44.1 Å². The van der Waals surface area contributed by atoms with E-state index < -0.39 is 25.8 Å². The zero-order chi connectivity index (χ0) is 23.7. The fourth-order valence-electron chi connectivity index (χ4n) is 3.03. The molecular weight excluding hydrogens is 498 g/mol. The monoisotopic (exact) mass is 517 g/mol. The molecular formula is C19H20ClN3O6S3. The molecule has 2 heterocycles. The number of anilines is 2. The number of benzene rings is 1. The number of nitrogens with zero attached hydrogens (tertiary/aromatic N) is 1. The number of sulfone groups is 1. The van der Waals surface area contributed by atoms with Gasteiger partial charge < -0.3 is 9.84 Å². The minimum absolute atomic E-state index is 0.00210. The van der Waals surface area contributed by atoms with Crippen LogP contribution in [0.25, 0.3) is 0 Å². The largest absolute Gasteiger partial charge is 0.336 e. The van der Waals surface area contributed by atoms with Crippen LogP contribution in [-0.4, -0.2) is 33.7 Å². The Hall–Kier alpha value is -2.41. The van der Waals surface area contributed by atoms with Crippen LogP contribution in [0.3, 0.4) is 0 Å². The third-order valence-electron chi connectivity index (χ3n) is 4.37. The molecule has 3 rings (SSSR count). The Labute approximate surface area is 194 Å². The average molecular weight is 518 g/mol. The summed E-state index contributed by atoms with van der Waals surface area (Å²) >= 11 is 6.71. The Morgan fingerprint density at radius 1 is 1.19 bits per heavy atom. The summed E-state index contributed by atoms with van der Waals surface area (Å²) in [4.78, 5) is 12.6. The maximum Gasteiger partial charge on any atom is 0.267 e. The maximum atomic E-state index is 13.0. The summed E-state index contributed by atoms with van der Waals surface area (Å²) in [5.74, 6) is -1.13. The lowest BCUT2D eigenvalue weighted by Gasteiger charge is -2.15. The smallest absolute Gasteiger partial charge is 0.267 e. The van der Waals surface area contributed by atoms with Gasteiger partial charge in [-0.1, -0.05) is 29.7 Å². The van der Waals surface area contributed by atoms with Gasteiger partial charge in [0, 0.05) is 0 Å².